The highest BCUT2D eigenvalue weighted by Gasteiger charge is 2.11. The Hall–Kier alpha value is -2.43. The SMILES string of the molecule is Cc1[nH]cnc1-c1nccn1Cc1cccnc1. The molecule has 0 aliphatic rings. The number of H-pyrrole nitrogens is 1. The van der Waals surface area contributed by atoms with Gasteiger partial charge in [-0.1, -0.05) is 6.07 Å². The zero-order chi connectivity index (χ0) is 12.4. The number of nitrogens with zero attached hydrogens (tertiary/aromatic N) is 4. The lowest BCUT2D eigenvalue weighted by Gasteiger charge is -2.06. The number of pyridine rings is 1. The van der Waals surface area contributed by atoms with E-state index in [0.717, 1.165) is 29.3 Å². The van der Waals surface area contributed by atoms with Crippen molar-refractivity contribution in [1.29, 1.82) is 0 Å². The maximum Gasteiger partial charge on any atom is 0.160 e. The molecule has 0 atom stereocenters. The van der Waals surface area contributed by atoms with E-state index in [1.165, 1.54) is 0 Å². The second-order valence-corrected chi connectivity index (χ2v) is 4.12. The number of aromatic amines is 1. The standard InChI is InChI=1S/C13H13N5/c1-10-12(17-9-16-10)13-15-5-6-18(13)8-11-3-2-4-14-7-11/h2-7,9H,8H2,1H3,(H,16,17). The highest BCUT2D eigenvalue weighted by molar-refractivity contribution is 5.52. The first-order valence-corrected chi connectivity index (χ1v) is 5.75. The average molecular weight is 239 g/mol. The van der Waals surface area contributed by atoms with E-state index >= 15 is 0 Å². The summed E-state index contributed by atoms with van der Waals surface area (Å²) in [7, 11) is 0. The molecule has 3 aromatic rings. The maximum absolute atomic E-state index is 4.38. The van der Waals surface area contributed by atoms with Gasteiger partial charge in [0.1, 0.15) is 5.69 Å². The summed E-state index contributed by atoms with van der Waals surface area (Å²) in [6.07, 6.45) is 9.07. The van der Waals surface area contributed by atoms with Crippen molar-refractivity contribution in [2.24, 2.45) is 0 Å². The molecule has 3 rings (SSSR count). The van der Waals surface area contributed by atoms with Crippen LogP contribution < -0.4 is 0 Å². The topological polar surface area (TPSA) is 59.4 Å². The summed E-state index contributed by atoms with van der Waals surface area (Å²) in [4.78, 5) is 15.9. The third-order valence-corrected chi connectivity index (χ3v) is 2.83. The van der Waals surface area contributed by atoms with E-state index in [1.807, 2.05) is 31.5 Å². The predicted molar refractivity (Wildman–Crippen MR) is 67.9 cm³/mol. The van der Waals surface area contributed by atoms with Crippen molar-refractivity contribution in [3.05, 3.63) is 54.5 Å². The molecule has 3 aromatic heterocycles. The molecular weight excluding hydrogens is 226 g/mol. The Kier molecular flexibility index (Phi) is 2.64. The lowest BCUT2D eigenvalue weighted by atomic mass is 10.2. The van der Waals surface area contributed by atoms with Crippen molar-refractivity contribution in [3.63, 3.8) is 0 Å². The van der Waals surface area contributed by atoms with Crippen LogP contribution in [0.5, 0.6) is 0 Å². The van der Waals surface area contributed by atoms with Gasteiger partial charge in [0.25, 0.3) is 0 Å². The normalized spacial score (nSPS) is 10.7. The van der Waals surface area contributed by atoms with E-state index in [-0.39, 0.29) is 0 Å². The molecule has 0 aliphatic carbocycles. The molecule has 1 N–H and O–H groups in total. The smallest absolute Gasteiger partial charge is 0.160 e. The van der Waals surface area contributed by atoms with E-state index in [9.17, 15) is 0 Å². The van der Waals surface area contributed by atoms with Gasteiger partial charge in [-0.05, 0) is 18.6 Å². The number of hydrogen-bond donors (Lipinski definition) is 1. The van der Waals surface area contributed by atoms with Gasteiger partial charge in [-0.25, -0.2) is 9.97 Å². The Balaban J connectivity index is 1.96. The van der Waals surface area contributed by atoms with Gasteiger partial charge in [0.15, 0.2) is 5.82 Å². The minimum Gasteiger partial charge on any atom is -0.348 e. The Labute approximate surface area is 105 Å². The van der Waals surface area contributed by atoms with Crippen molar-refractivity contribution < 1.29 is 0 Å². The van der Waals surface area contributed by atoms with Crippen molar-refractivity contribution in [2.45, 2.75) is 13.5 Å². The third kappa shape index (κ3) is 1.90. The molecule has 0 saturated carbocycles. The minimum atomic E-state index is 0.746. The quantitative estimate of drug-likeness (QED) is 0.760. The van der Waals surface area contributed by atoms with Crippen molar-refractivity contribution in [1.82, 2.24) is 24.5 Å². The monoisotopic (exact) mass is 239 g/mol. The van der Waals surface area contributed by atoms with Crippen LogP contribution in [0.1, 0.15) is 11.3 Å². The molecule has 0 spiro atoms. The molecule has 0 aromatic carbocycles. The molecule has 3 heterocycles. The minimum absolute atomic E-state index is 0.746. The summed E-state index contributed by atoms with van der Waals surface area (Å²) in [6, 6.07) is 3.99. The van der Waals surface area contributed by atoms with Crippen LogP contribution in [-0.2, 0) is 6.54 Å². The summed E-state index contributed by atoms with van der Waals surface area (Å²) in [5.74, 6) is 0.873. The zero-order valence-corrected chi connectivity index (χ0v) is 10.0. The van der Waals surface area contributed by atoms with Gasteiger partial charge < -0.3 is 9.55 Å². The number of rotatable bonds is 3. The van der Waals surface area contributed by atoms with Gasteiger partial charge in [0, 0.05) is 30.5 Å². The summed E-state index contributed by atoms with van der Waals surface area (Å²) in [5.41, 5.74) is 3.06. The first kappa shape index (κ1) is 10.7. The molecule has 0 radical (unpaired) electrons. The zero-order valence-electron chi connectivity index (χ0n) is 10.0. The number of hydrogen-bond acceptors (Lipinski definition) is 3. The van der Waals surface area contributed by atoms with Crippen LogP contribution in [0.3, 0.4) is 0 Å². The number of aryl methyl sites for hydroxylation is 1. The van der Waals surface area contributed by atoms with Crippen LogP contribution in [0.2, 0.25) is 0 Å². The van der Waals surface area contributed by atoms with Crippen LogP contribution in [0.4, 0.5) is 0 Å². The van der Waals surface area contributed by atoms with E-state index < -0.39 is 0 Å². The van der Waals surface area contributed by atoms with Gasteiger partial charge in [0.2, 0.25) is 0 Å². The predicted octanol–water partition coefficient (Wildman–Crippen LogP) is 2.02. The number of aromatic nitrogens is 5. The van der Waals surface area contributed by atoms with Crippen molar-refractivity contribution in [3.8, 4) is 11.5 Å². The van der Waals surface area contributed by atoms with Crippen LogP contribution in [0.25, 0.3) is 11.5 Å². The molecule has 0 amide bonds. The lowest BCUT2D eigenvalue weighted by Crippen LogP contribution is -2.02. The molecule has 0 aliphatic heterocycles. The van der Waals surface area contributed by atoms with Gasteiger partial charge in [0.05, 0.1) is 12.9 Å². The van der Waals surface area contributed by atoms with Crippen molar-refractivity contribution >= 4 is 0 Å². The maximum atomic E-state index is 4.38. The lowest BCUT2D eigenvalue weighted by molar-refractivity contribution is 0.799. The summed E-state index contributed by atoms with van der Waals surface area (Å²) in [5, 5.41) is 0. The third-order valence-electron chi connectivity index (χ3n) is 2.83. The van der Waals surface area contributed by atoms with Crippen LogP contribution in [-0.4, -0.2) is 24.5 Å². The molecule has 0 unspecified atom stereocenters. The molecular formula is C13H13N5. The van der Waals surface area contributed by atoms with Crippen LogP contribution in [0.15, 0.2) is 43.2 Å². The van der Waals surface area contributed by atoms with E-state index in [2.05, 4.69) is 24.5 Å². The van der Waals surface area contributed by atoms with Crippen molar-refractivity contribution in [2.75, 3.05) is 0 Å². The largest absolute Gasteiger partial charge is 0.348 e. The number of imidazole rings is 2. The first-order chi connectivity index (χ1) is 8.84. The average Bonchev–Trinajstić information content (AvgIpc) is 2.99. The first-order valence-electron chi connectivity index (χ1n) is 5.75. The molecule has 0 bridgehead atoms. The molecule has 90 valence electrons. The highest BCUT2D eigenvalue weighted by Crippen LogP contribution is 2.18. The van der Waals surface area contributed by atoms with Gasteiger partial charge >= 0.3 is 0 Å². The second kappa shape index (κ2) is 4.44. The number of nitrogens with one attached hydrogen (secondary N) is 1. The van der Waals surface area contributed by atoms with E-state index in [4.69, 9.17) is 0 Å². The van der Waals surface area contributed by atoms with E-state index in [0.29, 0.717) is 0 Å². The molecule has 0 saturated heterocycles. The fraction of sp³-hybridized carbons (Fsp3) is 0.154. The van der Waals surface area contributed by atoms with Gasteiger partial charge in [-0.15, -0.1) is 0 Å². The Morgan fingerprint density at radius 2 is 2.22 bits per heavy atom. The molecule has 0 fully saturated rings. The van der Waals surface area contributed by atoms with Gasteiger partial charge in [-0.3, -0.25) is 4.98 Å². The Morgan fingerprint density at radius 1 is 1.28 bits per heavy atom. The van der Waals surface area contributed by atoms with E-state index in [1.54, 1.807) is 18.7 Å². The van der Waals surface area contributed by atoms with Crippen LogP contribution >= 0.6 is 0 Å². The summed E-state index contributed by atoms with van der Waals surface area (Å²) in [6.45, 7) is 2.74. The summed E-state index contributed by atoms with van der Waals surface area (Å²) >= 11 is 0. The Bertz CT molecular complexity index is 638. The summed E-state index contributed by atoms with van der Waals surface area (Å²) < 4.78 is 2.07. The highest BCUT2D eigenvalue weighted by atomic mass is 15.1. The second-order valence-electron chi connectivity index (χ2n) is 4.12. The fourth-order valence-corrected chi connectivity index (χ4v) is 1.93. The molecule has 5 nitrogen and oxygen atoms in total. The molecule has 5 heteroatoms. The van der Waals surface area contributed by atoms with Crippen LogP contribution in [0, 0.1) is 6.92 Å². The van der Waals surface area contributed by atoms with Gasteiger partial charge in [-0.2, -0.15) is 0 Å². The Morgan fingerprint density at radius 3 is 2.94 bits per heavy atom. The fourth-order valence-electron chi connectivity index (χ4n) is 1.93. The molecule has 18 heavy (non-hydrogen) atoms.